The second-order valence-electron chi connectivity index (χ2n) is 4.73. The molecule has 1 unspecified atom stereocenters. The first-order valence-corrected chi connectivity index (χ1v) is 6.41. The molecule has 0 fully saturated rings. The lowest BCUT2D eigenvalue weighted by Gasteiger charge is -2.16. The maximum atomic E-state index is 14.2. The highest BCUT2D eigenvalue weighted by molar-refractivity contribution is 5.33. The van der Waals surface area contributed by atoms with Crippen LogP contribution in [0, 0.1) is 19.7 Å². The van der Waals surface area contributed by atoms with Crippen LogP contribution in [-0.2, 0) is 6.42 Å². The third-order valence-corrected chi connectivity index (χ3v) is 3.34. The zero-order valence-corrected chi connectivity index (χ0v) is 11.9. The van der Waals surface area contributed by atoms with E-state index in [0.717, 1.165) is 17.1 Å². The van der Waals surface area contributed by atoms with E-state index in [1.165, 1.54) is 7.11 Å². The van der Waals surface area contributed by atoms with E-state index >= 15 is 0 Å². The molecule has 1 aromatic carbocycles. The molecule has 0 amide bonds. The minimum Gasteiger partial charge on any atom is -0.494 e. The summed E-state index contributed by atoms with van der Waals surface area (Å²) in [5.41, 5.74) is 4.20. The van der Waals surface area contributed by atoms with Crippen molar-refractivity contribution in [3.63, 3.8) is 0 Å². The van der Waals surface area contributed by atoms with Crippen molar-refractivity contribution < 1.29 is 13.5 Å². The monoisotopic (exact) mass is 278 g/mol. The lowest BCUT2D eigenvalue weighted by Crippen LogP contribution is -2.30. The van der Waals surface area contributed by atoms with Gasteiger partial charge in [0, 0.05) is 5.56 Å². The Labute approximate surface area is 117 Å². The van der Waals surface area contributed by atoms with Gasteiger partial charge in [0.25, 0.3) is 0 Å². The number of nitrogens with two attached hydrogens (primary N) is 1. The number of benzene rings is 1. The molecule has 1 atom stereocenters. The summed E-state index contributed by atoms with van der Waals surface area (Å²) >= 11 is 0. The minimum atomic E-state index is -0.354. The smallest absolute Gasteiger partial charge is 0.168 e. The fraction of sp³-hybridized carbons (Fsp3) is 0.333. The van der Waals surface area contributed by atoms with Crippen LogP contribution >= 0.6 is 0 Å². The lowest BCUT2D eigenvalue weighted by atomic mass is 9.99. The molecule has 1 heterocycles. The maximum absolute atomic E-state index is 14.2. The summed E-state index contributed by atoms with van der Waals surface area (Å²) in [4.78, 5) is 0. The van der Waals surface area contributed by atoms with Crippen LogP contribution < -0.4 is 16.0 Å². The van der Waals surface area contributed by atoms with Crippen molar-refractivity contribution in [2.75, 3.05) is 7.11 Å². The maximum Gasteiger partial charge on any atom is 0.168 e. The number of hydrogen-bond acceptors (Lipinski definition) is 4. The fourth-order valence-electron chi connectivity index (χ4n) is 2.35. The molecular formula is C15H19FN2O2. The largest absolute Gasteiger partial charge is 0.494 e. The molecular weight excluding hydrogens is 259 g/mol. The van der Waals surface area contributed by atoms with Gasteiger partial charge in [-0.2, -0.15) is 0 Å². The Bertz CT molecular complexity index is 596. The molecule has 3 N–H and O–H groups in total. The molecule has 0 aliphatic rings. The normalized spacial score (nSPS) is 12.4. The number of nitrogens with one attached hydrogen (secondary N) is 1. The molecule has 0 radical (unpaired) electrons. The van der Waals surface area contributed by atoms with E-state index in [1.807, 2.05) is 19.9 Å². The second-order valence-corrected chi connectivity index (χ2v) is 4.73. The van der Waals surface area contributed by atoms with Gasteiger partial charge in [0.2, 0.25) is 0 Å². The van der Waals surface area contributed by atoms with Crippen molar-refractivity contribution in [2.45, 2.75) is 26.3 Å². The van der Waals surface area contributed by atoms with E-state index in [4.69, 9.17) is 15.0 Å². The van der Waals surface area contributed by atoms with E-state index in [0.29, 0.717) is 12.0 Å². The average molecular weight is 278 g/mol. The first-order valence-electron chi connectivity index (χ1n) is 6.41. The zero-order valence-electron chi connectivity index (χ0n) is 11.9. The zero-order chi connectivity index (χ0) is 14.7. The molecule has 108 valence electrons. The first kappa shape index (κ1) is 14.6. The average Bonchev–Trinajstić information content (AvgIpc) is 2.76. The Morgan fingerprint density at radius 1 is 1.40 bits per heavy atom. The second kappa shape index (κ2) is 6.07. The highest BCUT2D eigenvalue weighted by Crippen LogP contribution is 2.27. The number of methoxy groups -OCH3 is 1. The van der Waals surface area contributed by atoms with Gasteiger partial charge in [-0.25, -0.2) is 4.39 Å². The van der Waals surface area contributed by atoms with E-state index in [1.54, 1.807) is 18.2 Å². The summed E-state index contributed by atoms with van der Waals surface area (Å²) < 4.78 is 24.7. The van der Waals surface area contributed by atoms with Crippen molar-refractivity contribution in [3.05, 3.63) is 52.7 Å². The van der Waals surface area contributed by atoms with Gasteiger partial charge in [-0.15, -0.1) is 0 Å². The van der Waals surface area contributed by atoms with Gasteiger partial charge >= 0.3 is 0 Å². The molecule has 5 heteroatoms. The summed E-state index contributed by atoms with van der Waals surface area (Å²) in [6.45, 7) is 3.74. The van der Waals surface area contributed by atoms with E-state index < -0.39 is 0 Å². The van der Waals surface area contributed by atoms with Gasteiger partial charge in [-0.3, -0.25) is 11.3 Å². The molecule has 0 aliphatic carbocycles. The Morgan fingerprint density at radius 3 is 2.70 bits per heavy atom. The van der Waals surface area contributed by atoms with Gasteiger partial charge in [0.15, 0.2) is 11.6 Å². The molecule has 20 heavy (non-hydrogen) atoms. The van der Waals surface area contributed by atoms with Crippen LogP contribution in [0.5, 0.6) is 5.75 Å². The Kier molecular flexibility index (Phi) is 4.42. The summed E-state index contributed by atoms with van der Waals surface area (Å²) in [5, 5.41) is 0. The van der Waals surface area contributed by atoms with Crippen LogP contribution in [0.1, 0.15) is 28.7 Å². The standard InChI is InChI=1S/C15H19FN2O2/c1-9-7-12(10(2)20-9)13(18-17)8-11-5-4-6-14(19-3)15(11)16/h4-7,13,18H,8,17H2,1-3H3. The Morgan fingerprint density at radius 2 is 2.15 bits per heavy atom. The van der Waals surface area contributed by atoms with Gasteiger partial charge < -0.3 is 9.15 Å². The predicted octanol–water partition coefficient (Wildman–Crippen LogP) is 2.79. The molecule has 0 spiro atoms. The van der Waals surface area contributed by atoms with E-state index in [9.17, 15) is 4.39 Å². The Hall–Kier alpha value is -1.85. The van der Waals surface area contributed by atoms with Crippen LogP contribution in [-0.4, -0.2) is 7.11 Å². The van der Waals surface area contributed by atoms with Gasteiger partial charge in [-0.05, 0) is 38.0 Å². The minimum absolute atomic E-state index is 0.214. The van der Waals surface area contributed by atoms with Crippen LogP contribution in [0.3, 0.4) is 0 Å². The molecule has 0 aliphatic heterocycles. The van der Waals surface area contributed by atoms with Gasteiger partial charge in [0.05, 0.1) is 13.2 Å². The van der Waals surface area contributed by atoms with Crippen LogP contribution in [0.4, 0.5) is 4.39 Å². The molecule has 0 saturated carbocycles. The highest BCUT2D eigenvalue weighted by atomic mass is 19.1. The number of halogens is 1. The SMILES string of the molecule is COc1cccc(CC(NN)c2cc(C)oc2C)c1F. The number of furan rings is 1. The van der Waals surface area contributed by atoms with E-state index in [2.05, 4.69) is 5.43 Å². The summed E-state index contributed by atoms with van der Waals surface area (Å²) in [5.74, 6) is 7.08. The molecule has 0 saturated heterocycles. The van der Waals surface area contributed by atoms with E-state index in [-0.39, 0.29) is 17.6 Å². The van der Waals surface area contributed by atoms with Gasteiger partial charge in [0.1, 0.15) is 11.5 Å². The van der Waals surface area contributed by atoms with Crippen molar-refractivity contribution in [1.82, 2.24) is 5.43 Å². The quantitative estimate of drug-likeness (QED) is 0.652. The molecule has 2 rings (SSSR count). The molecule has 4 nitrogen and oxygen atoms in total. The topological polar surface area (TPSA) is 60.4 Å². The van der Waals surface area contributed by atoms with Crippen molar-refractivity contribution >= 4 is 0 Å². The third-order valence-electron chi connectivity index (χ3n) is 3.34. The van der Waals surface area contributed by atoms with Crippen LogP contribution in [0.25, 0.3) is 0 Å². The number of ether oxygens (including phenoxy) is 1. The fourth-order valence-corrected chi connectivity index (χ4v) is 2.35. The van der Waals surface area contributed by atoms with Crippen LogP contribution in [0.15, 0.2) is 28.7 Å². The summed E-state index contributed by atoms with van der Waals surface area (Å²) in [7, 11) is 1.45. The number of hydrogen-bond donors (Lipinski definition) is 2. The lowest BCUT2D eigenvalue weighted by molar-refractivity contribution is 0.382. The number of hydrazine groups is 1. The van der Waals surface area contributed by atoms with Crippen molar-refractivity contribution in [2.24, 2.45) is 5.84 Å². The Balaban J connectivity index is 2.29. The number of rotatable bonds is 5. The highest BCUT2D eigenvalue weighted by Gasteiger charge is 2.19. The first-order chi connectivity index (χ1) is 9.56. The van der Waals surface area contributed by atoms with Gasteiger partial charge in [-0.1, -0.05) is 12.1 Å². The molecule has 1 aromatic heterocycles. The molecule has 0 bridgehead atoms. The predicted molar refractivity (Wildman–Crippen MR) is 74.9 cm³/mol. The summed E-state index contributed by atoms with van der Waals surface area (Å²) in [6, 6.07) is 6.78. The van der Waals surface area contributed by atoms with Crippen molar-refractivity contribution in [1.29, 1.82) is 0 Å². The van der Waals surface area contributed by atoms with Crippen LogP contribution in [0.2, 0.25) is 0 Å². The molecule has 2 aromatic rings. The summed E-state index contributed by atoms with van der Waals surface area (Å²) in [6.07, 6.45) is 0.416. The van der Waals surface area contributed by atoms with Crippen molar-refractivity contribution in [3.8, 4) is 5.75 Å². The number of aryl methyl sites for hydroxylation is 2. The third kappa shape index (κ3) is 2.84.